The van der Waals surface area contributed by atoms with Gasteiger partial charge in [-0.25, -0.2) is 0 Å². The van der Waals surface area contributed by atoms with Crippen LogP contribution in [0.15, 0.2) is 0 Å². The number of hydrogen-bond donors (Lipinski definition) is 1. The molecule has 0 aliphatic carbocycles. The first-order chi connectivity index (χ1) is 11.6. The van der Waals surface area contributed by atoms with E-state index < -0.39 is 54.5 Å². The fraction of sp³-hybridized carbons (Fsp3) is 0.733. The first-order valence-electron chi connectivity index (χ1n) is 7.63. The lowest BCUT2D eigenvalue weighted by molar-refractivity contribution is -0.256. The Morgan fingerprint density at radius 1 is 0.800 bits per heavy atom. The van der Waals surface area contributed by atoms with E-state index in [1.54, 1.807) is 7.05 Å². The van der Waals surface area contributed by atoms with Crippen molar-refractivity contribution < 1.29 is 42.9 Å². The minimum Gasteiger partial charge on any atom is -0.463 e. The lowest BCUT2D eigenvalue weighted by Gasteiger charge is -2.44. The largest absolute Gasteiger partial charge is 0.463 e. The Morgan fingerprint density at radius 2 is 1.28 bits per heavy atom. The topological polar surface area (TPSA) is 126 Å². The van der Waals surface area contributed by atoms with Gasteiger partial charge in [0.2, 0.25) is 0 Å². The smallest absolute Gasteiger partial charge is 0.303 e. The van der Waals surface area contributed by atoms with Gasteiger partial charge in [0.15, 0.2) is 18.3 Å². The molecule has 1 heterocycles. The first-order valence-corrected chi connectivity index (χ1v) is 7.63. The van der Waals surface area contributed by atoms with Gasteiger partial charge in [-0.2, -0.15) is 0 Å². The minimum absolute atomic E-state index is 0.240. The highest BCUT2D eigenvalue weighted by molar-refractivity contribution is 5.68. The molecule has 0 unspecified atom stereocenters. The molecule has 0 bridgehead atoms. The van der Waals surface area contributed by atoms with Crippen LogP contribution in [0, 0.1) is 0 Å². The van der Waals surface area contributed by atoms with E-state index >= 15 is 0 Å². The number of carbonyl (C=O) groups excluding carboxylic acids is 4. The summed E-state index contributed by atoms with van der Waals surface area (Å²) < 4.78 is 26.2. The van der Waals surface area contributed by atoms with Gasteiger partial charge >= 0.3 is 23.9 Å². The quantitative estimate of drug-likeness (QED) is 0.479. The van der Waals surface area contributed by atoms with Crippen molar-refractivity contribution in [2.24, 2.45) is 0 Å². The van der Waals surface area contributed by atoms with Crippen LogP contribution in [0.2, 0.25) is 0 Å². The molecular formula is C15H23NO9. The summed E-state index contributed by atoms with van der Waals surface area (Å²) in [6, 6.07) is 0. The molecule has 0 amide bonds. The summed E-state index contributed by atoms with van der Waals surface area (Å²) in [6.07, 6.45) is -5.14. The molecule has 25 heavy (non-hydrogen) atoms. The summed E-state index contributed by atoms with van der Waals surface area (Å²) in [5.41, 5.74) is 0. The van der Waals surface area contributed by atoms with Gasteiger partial charge < -0.3 is 23.7 Å². The summed E-state index contributed by atoms with van der Waals surface area (Å²) in [5, 5.41) is 2.78. The molecule has 0 aromatic carbocycles. The molecular weight excluding hydrogens is 338 g/mol. The van der Waals surface area contributed by atoms with Gasteiger partial charge in [0.1, 0.15) is 18.9 Å². The third-order valence-electron chi connectivity index (χ3n) is 3.28. The van der Waals surface area contributed by atoms with Crippen LogP contribution >= 0.6 is 0 Å². The van der Waals surface area contributed by atoms with Crippen LogP contribution in [0.25, 0.3) is 0 Å². The highest BCUT2D eigenvalue weighted by atomic mass is 16.7. The molecule has 1 aliphatic rings. The lowest BCUT2D eigenvalue weighted by Crippen LogP contribution is -2.65. The number of hydrogen-bond acceptors (Lipinski definition) is 10. The fourth-order valence-corrected chi connectivity index (χ4v) is 2.46. The lowest BCUT2D eigenvalue weighted by atomic mass is 9.97. The van der Waals surface area contributed by atoms with Crippen molar-refractivity contribution in [3.8, 4) is 0 Å². The Balaban J connectivity index is 3.18. The molecule has 5 atom stereocenters. The van der Waals surface area contributed by atoms with E-state index in [0.717, 1.165) is 0 Å². The van der Waals surface area contributed by atoms with E-state index in [0.29, 0.717) is 0 Å². The van der Waals surface area contributed by atoms with Crippen molar-refractivity contribution in [2.45, 2.75) is 58.3 Å². The van der Waals surface area contributed by atoms with Crippen LogP contribution in [-0.2, 0) is 42.9 Å². The molecule has 0 spiro atoms. The molecule has 1 saturated heterocycles. The Hall–Kier alpha value is -2.20. The van der Waals surface area contributed by atoms with E-state index in [2.05, 4.69) is 5.32 Å². The number of carbonyl (C=O) groups is 4. The highest BCUT2D eigenvalue weighted by Crippen LogP contribution is 2.28. The van der Waals surface area contributed by atoms with Gasteiger partial charge in [0.05, 0.1) is 0 Å². The zero-order valence-electron chi connectivity index (χ0n) is 14.8. The number of nitrogens with one attached hydrogen (secondary N) is 1. The Bertz CT molecular complexity index is 521. The maximum absolute atomic E-state index is 11.5. The van der Waals surface area contributed by atoms with Crippen molar-refractivity contribution in [3.63, 3.8) is 0 Å². The van der Waals surface area contributed by atoms with Crippen LogP contribution in [0.4, 0.5) is 0 Å². The van der Waals surface area contributed by atoms with Crippen LogP contribution in [0.1, 0.15) is 27.7 Å². The summed E-state index contributed by atoms with van der Waals surface area (Å²) in [6.45, 7) is 4.49. The van der Waals surface area contributed by atoms with Crippen molar-refractivity contribution >= 4 is 23.9 Å². The van der Waals surface area contributed by atoms with E-state index in [9.17, 15) is 19.2 Å². The maximum atomic E-state index is 11.5. The van der Waals surface area contributed by atoms with Gasteiger partial charge in [-0.1, -0.05) is 0 Å². The van der Waals surface area contributed by atoms with Crippen molar-refractivity contribution in [3.05, 3.63) is 0 Å². The van der Waals surface area contributed by atoms with E-state index in [1.807, 2.05) is 0 Å². The predicted octanol–water partition coefficient (Wildman–Crippen LogP) is -0.711. The summed E-state index contributed by atoms with van der Waals surface area (Å²) >= 11 is 0. The minimum atomic E-state index is -1.14. The maximum Gasteiger partial charge on any atom is 0.303 e. The number of ether oxygens (including phenoxy) is 5. The highest BCUT2D eigenvalue weighted by Gasteiger charge is 2.51. The second kappa shape index (κ2) is 9.33. The van der Waals surface area contributed by atoms with Gasteiger partial charge in [0, 0.05) is 27.7 Å². The average Bonchev–Trinajstić information content (AvgIpc) is 2.48. The number of likely N-dealkylation sites (N-methyl/N-ethyl adjacent to an activating group) is 1. The Labute approximate surface area is 145 Å². The molecule has 142 valence electrons. The van der Waals surface area contributed by atoms with Crippen LogP contribution < -0.4 is 5.32 Å². The molecule has 0 aromatic rings. The van der Waals surface area contributed by atoms with Crippen molar-refractivity contribution in [1.82, 2.24) is 5.32 Å². The van der Waals surface area contributed by atoms with Crippen molar-refractivity contribution in [2.75, 3.05) is 13.7 Å². The monoisotopic (exact) mass is 361 g/mol. The predicted molar refractivity (Wildman–Crippen MR) is 81.0 cm³/mol. The molecule has 0 radical (unpaired) electrons. The van der Waals surface area contributed by atoms with E-state index in [-0.39, 0.29) is 6.61 Å². The number of rotatable bonds is 6. The van der Waals surface area contributed by atoms with Gasteiger partial charge in [-0.15, -0.1) is 0 Å². The molecule has 1 fully saturated rings. The standard InChI is InChI=1S/C15H23NO9/c1-7(17)21-6-11-12(22-8(2)18)13(23-9(3)19)14(24-10(4)20)15(16-5)25-11/h11-16H,6H2,1-5H3/t11-,12-,13+,14-,15+/m1/s1. The third-order valence-corrected chi connectivity index (χ3v) is 3.28. The second-order valence-electron chi connectivity index (χ2n) is 5.41. The molecule has 0 aromatic heterocycles. The SMILES string of the molecule is CN[C@H]1O[C@H](COC(C)=O)[C@@H](OC(C)=O)[C@H](OC(C)=O)[C@H]1OC(C)=O. The first kappa shape index (κ1) is 20.8. The molecule has 1 N–H and O–H groups in total. The molecule has 0 saturated carbocycles. The second-order valence-corrected chi connectivity index (χ2v) is 5.41. The van der Waals surface area contributed by atoms with Crippen LogP contribution in [0.3, 0.4) is 0 Å². The van der Waals surface area contributed by atoms with Gasteiger partial charge in [-0.3, -0.25) is 24.5 Å². The molecule has 1 rings (SSSR count). The Morgan fingerprint density at radius 3 is 1.72 bits per heavy atom. The average molecular weight is 361 g/mol. The number of esters is 4. The fourth-order valence-electron chi connectivity index (χ4n) is 2.46. The van der Waals surface area contributed by atoms with E-state index in [4.69, 9.17) is 23.7 Å². The summed E-state index contributed by atoms with van der Waals surface area (Å²) in [7, 11) is 1.54. The molecule has 1 aliphatic heterocycles. The van der Waals surface area contributed by atoms with Gasteiger partial charge in [0.25, 0.3) is 0 Å². The zero-order chi connectivity index (χ0) is 19.1. The third kappa shape index (κ3) is 6.31. The zero-order valence-corrected chi connectivity index (χ0v) is 14.8. The van der Waals surface area contributed by atoms with Crippen molar-refractivity contribution in [1.29, 1.82) is 0 Å². The van der Waals surface area contributed by atoms with Crippen LogP contribution in [-0.4, -0.2) is 68.2 Å². The van der Waals surface area contributed by atoms with Crippen LogP contribution in [0.5, 0.6) is 0 Å². The molecule has 10 nitrogen and oxygen atoms in total. The molecule has 10 heteroatoms. The van der Waals surface area contributed by atoms with E-state index in [1.165, 1.54) is 27.7 Å². The normalized spacial score (nSPS) is 28.6. The van der Waals surface area contributed by atoms with Gasteiger partial charge in [-0.05, 0) is 7.05 Å². The summed E-state index contributed by atoms with van der Waals surface area (Å²) in [4.78, 5) is 45.4. The summed E-state index contributed by atoms with van der Waals surface area (Å²) in [5.74, 6) is -2.52. The Kier molecular flexibility index (Phi) is 7.78.